The van der Waals surface area contributed by atoms with E-state index in [1.807, 2.05) is 6.07 Å². The van der Waals surface area contributed by atoms with Gasteiger partial charge >= 0.3 is 0 Å². The minimum atomic E-state index is -0.110. The van der Waals surface area contributed by atoms with E-state index in [9.17, 15) is 9.59 Å². The smallest absolute Gasteiger partial charge is 0.257 e. The third-order valence-corrected chi connectivity index (χ3v) is 3.07. The Kier molecular flexibility index (Phi) is 4.76. The van der Waals surface area contributed by atoms with Gasteiger partial charge in [0.15, 0.2) is 0 Å². The SMILES string of the molecule is C=CCOc1ccccc1C(=O)N1CCNC(=O)CC1. The zero-order chi connectivity index (χ0) is 14.4. The van der Waals surface area contributed by atoms with Crippen LogP contribution in [0.25, 0.3) is 0 Å². The highest BCUT2D eigenvalue weighted by molar-refractivity contribution is 5.97. The number of amides is 2. The molecule has 106 valence electrons. The van der Waals surface area contributed by atoms with Crippen molar-refractivity contribution in [1.82, 2.24) is 10.2 Å². The van der Waals surface area contributed by atoms with Gasteiger partial charge in [-0.15, -0.1) is 0 Å². The Balaban J connectivity index is 2.15. The van der Waals surface area contributed by atoms with Crippen LogP contribution in [0, 0.1) is 0 Å². The molecule has 1 heterocycles. The van der Waals surface area contributed by atoms with Gasteiger partial charge in [-0.2, -0.15) is 0 Å². The molecule has 0 saturated carbocycles. The highest BCUT2D eigenvalue weighted by Gasteiger charge is 2.22. The van der Waals surface area contributed by atoms with Crippen molar-refractivity contribution >= 4 is 11.8 Å². The standard InChI is InChI=1S/C15H18N2O3/c1-2-11-20-13-6-4-3-5-12(13)15(19)17-9-7-14(18)16-8-10-17/h2-6H,1,7-11H2,(H,16,18). The molecule has 2 amide bonds. The maximum absolute atomic E-state index is 12.5. The molecule has 20 heavy (non-hydrogen) atoms. The van der Waals surface area contributed by atoms with Gasteiger partial charge in [0.25, 0.3) is 5.91 Å². The Bertz CT molecular complexity index is 514. The average Bonchev–Trinajstić information content (AvgIpc) is 2.69. The van der Waals surface area contributed by atoms with Gasteiger partial charge in [0, 0.05) is 26.1 Å². The topological polar surface area (TPSA) is 58.6 Å². The van der Waals surface area contributed by atoms with Crippen LogP contribution in [0.4, 0.5) is 0 Å². The highest BCUT2D eigenvalue weighted by atomic mass is 16.5. The fourth-order valence-corrected chi connectivity index (χ4v) is 2.06. The fraction of sp³-hybridized carbons (Fsp3) is 0.333. The number of nitrogens with one attached hydrogen (secondary N) is 1. The van der Waals surface area contributed by atoms with E-state index in [1.54, 1.807) is 29.2 Å². The van der Waals surface area contributed by atoms with E-state index in [0.717, 1.165) is 0 Å². The Hall–Kier alpha value is -2.30. The van der Waals surface area contributed by atoms with Crippen molar-refractivity contribution in [2.45, 2.75) is 6.42 Å². The van der Waals surface area contributed by atoms with Crippen molar-refractivity contribution in [3.05, 3.63) is 42.5 Å². The number of carbonyl (C=O) groups is 2. The maximum atomic E-state index is 12.5. The van der Waals surface area contributed by atoms with Crippen molar-refractivity contribution in [2.24, 2.45) is 0 Å². The van der Waals surface area contributed by atoms with Gasteiger partial charge in [-0.3, -0.25) is 9.59 Å². The lowest BCUT2D eigenvalue weighted by molar-refractivity contribution is -0.120. The van der Waals surface area contributed by atoms with Gasteiger partial charge in [0.2, 0.25) is 5.91 Å². The summed E-state index contributed by atoms with van der Waals surface area (Å²) in [6.45, 7) is 5.38. The lowest BCUT2D eigenvalue weighted by atomic mass is 10.1. The van der Waals surface area contributed by atoms with E-state index in [4.69, 9.17) is 4.74 Å². The van der Waals surface area contributed by atoms with E-state index in [1.165, 1.54) is 0 Å². The van der Waals surface area contributed by atoms with Crippen LogP contribution in [0.15, 0.2) is 36.9 Å². The zero-order valence-electron chi connectivity index (χ0n) is 11.3. The molecule has 1 aliphatic rings. The maximum Gasteiger partial charge on any atom is 0.257 e. The predicted octanol–water partition coefficient (Wildman–Crippen LogP) is 1.21. The summed E-state index contributed by atoms with van der Waals surface area (Å²) in [6.07, 6.45) is 1.97. The van der Waals surface area contributed by atoms with E-state index in [0.29, 0.717) is 44.0 Å². The number of nitrogens with zero attached hydrogens (tertiary/aromatic N) is 1. The van der Waals surface area contributed by atoms with Crippen molar-refractivity contribution < 1.29 is 14.3 Å². The second-order valence-corrected chi connectivity index (χ2v) is 4.49. The van der Waals surface area contributed by atoms with Gasteiger partial charge in [-0.05, 0) is 12.1 Å². The molecule has 1 aromatic carbocycles. The number of hydrogen-bond donors (Lipinski definition) is 1. The Morgan fingerprint density at radius 3 is 3.00 bits per heavy atom. The molecule has 0 spiro atoms. The van der Waals surface area contributed by atoms with Crippen molar-refractivity contribution in [3.8, 4) is 5.75 Å². The summed E-state index contributed by atoms with van der Waals surface area (Å²) in [7, 11) is 0. The monoisotopic (exact) mass is 274 g/mol. The van der Waals surface area contributed by atoms with Crippen molar-refractivity contribution in [1.29, 1.82) is 0 Å². The molecule has 1 saturated heterocycles. The molecule has 1 aliphatic heterocycles. The Labute approximate surface area is 118 Å². The molecule has 0 aliphatic carbocycles. The predicted molar refractivity (Wildman–Crippen MR) is 75.7 cm³/mol. The summed E-state index contributed by atoms with van der Waals surface area (Å²) in [5, 5.41) is 2.75. The van der Waals surface area contributed by atoms with Crippen molar-refractivity contribution in [3.63, 3.8) is 0 Å². The average molecular weight is 274 g/mol. The van der Waals surface area contributed by atoms with Crippen molar-refractivity contribution in [2.75, 3.05) is 26.2 Å². The molecule has 0 bridgehead atoms. The first-order valence-corrected chi connectivity index (χ1v) is 6.61. The molecule has 1 aromatic rings. The molecule has 0 radical (unpaired) electrons. The van der Waals surface area contributed by atoms with Crippen LogP contribution in [0.2, 0.25) is 0 Å². The summed E-state index contributed by atoms with van der Waals surface area (Å²) in [4.78, 5) is 25.5. The highest BCUT2D eigenvalue weighted by Crippen LogP contribution is 2.20. The number of ether oxygens (including phenoxy) is 1. The zero-order valence-corrected chi connectivity index (χ0v) is 11.3. The van der Waals surface area contributed by atoms with Crippen LogP contribution >= 0.6 is 0 Å². The Morgan fingerprint density at radius 2 is 2.20 bits per heavy atom. The first-order valence-electron chi connectivity index (χ1n) is 6.61. The molecular weight excluding hydrogens is 256 g/mol. The Morgan fingerprint density at radius 1 is 1.40 bits per heavy atom. The van der Waals surface area contributed by atoms with E-state index < -0.39 is 0 Å². The van der Waals surface area contributed by atoms with Crippen LogP contribution in [0.5, 0.6) is 5.75 Å². The van der Waals surface area contributed by atoms with Crippen LogP contribution in [0.1, 0.15) is 16.8 Å². The summed E-state index contributed by atoms with van der Waals surface area (Å²) in [6, 6.07) is 7.12. The summed E-state index contributed by atoms with van der Waals surface area (Å²) in [5.74, 6) is 0.415. The third-order valence-electron chi connectivity index (χ3n) is 3.07. The van der Waals surface area contributed by atoms with Crippen LogP contribution in [0.3, 0.4) is 0 Å². The molecule has 5 nitrogen and oxygen atoms in total. The van der Waals surface area contributed by atoms with Gasteiger partial charge in [-0.25, -0.2) is 0 Å². The minimum Gasteiger partial charge on any atom is -0.489 e. The molecule has 1 N–H and O–H groups in total. The number of rotatable bonds is 4. The van der Waals surface area contributed by atoms with Crippen LogP contribution in [-0.4, -0.2) is 43.0 Å². The minimum absolute atomic E-state index is 0.0171. The van der Waals surface area contributed by atoms with E-state index >= 15 is 0 Å². The summed E-state index contributed by atoms with van der Waals surface area (Å²) >= 11 is 0. The van der Waals surface area contributed by atoms with Crippen LogP contribution in [-0.2, 0) is 4.79 Å². The number of benzene rings is 1. The van der Waals surface area contributed by atoms with Gasteiger partial charge in [-0.1, -0.05) is 24.8 Å². The largest absolute Gasteiger partial charge is 0.489 e. The van der Waals surface area contributed by atoms with Gasteiger partial charge in [0.1, 0.15) is 12.4 Å². The van der Waals surface area contributed by atoms with Crippen LogP contribution < -0.4 is 10.1 Å². The molecule has 0 unspecified atom stereocenters. The van der Waals surface area contributed by atoms with E-state index in [2.05, 4.69) is 11.9 Å². The quantitative estimate of drug-likeness (QED) is 0.840. The molecule has 2 rings (SSSR count). The van der Waals surface area contributed by atoms with E-state index in [-0.39, 0.29) is 11.8 Å². The summed E-state index contributed by atoms with van der Waals surface area (Å²) in [5.41, 5.74) is 0.517. The number of carbonyl (C=O) groups excluding carboxylic acids is 2. The number of hydrogen-bond acceptors (Lipinski definition) is 3. The second-order valence-electron chi connectivity index (χ2n) is 4.49. The lowest BCUT2D eigenvalue weighted by Gasteiger charge is -2.21. The normalized spacial score (nSPS) is 15.2. The molecule has 5 heteroatoms. The second kappa shape index (κ2) is 6.75. The molecule has 1 fully saturated rings. The lowest BCUT2D eigenvalue weighted by Crippen LogP contribution is -2.34. The summed E-state index contributed by atoms with van der Waals surface area (Å²) < 4.78 is 5.50. The van der Waals surface area contributed by atoms with Gasteiger partial charge in [0.05, 0.1) is 5.56 Å². The molecular formula is C15H18N2O3. The third kappa shape index (κ3) is 3.38. The number of para-hydroxylation sites is 1. The molecule has 0 aromatic heterocycles. The first-order chi connectivity index (χ1) is 9.72. The van der Waals surface area contributed by atoms with Gasteiger partial charge < -0.3 is 15.0 Å². The first kappa shape index (κ1) is 14.1. The molecule has 0 atom stereocenters. The fourth-order valence-electron chi connectivity index (χ4n) is 2.06.